The van der Waals surface area contributed by atoms with E-state index >= 15 is 0 Å². The summed E-state index contributed by atoms with van der Waals surface area (Å²) in [5.74, 6) is -0.175. The number of amides is 1. The Morgan fingerprint density at radius 1 is 1.50 bits per heavy atom. The Kier molecular flexibility index (Phi) is 4.56. The Morgan fingerprint density at radius 3 is 2.94 bits per heavy atom. The number of benzene rings is 1. The fourth-order valence-corrected chi connectivity index (χ4v) is 3.60. The number of phenolic OH excluding ortho intramolecular Hbond substituents is 1. The minimum Gasteiger partial charge on any atom is -0.507 e. The maximum atomic E-state index is 12.1. The van der Waals surface area contributed by atoms with Gasteiger partial charge in [-0.25, -0.2) is 0 Å². The Balaban J connectivity index is 2.07. The zero-order valence-electron chi connectivity index (χ0n) is 10.1. The molecule has 3 nitrogen and oxygen atoms in total. The molecule has 1 saturated carbocycles. The third-order valence-electron chi connectivity index (χ3n) is 3.28. The first kappa shape index (κ1) is 13.7. The third kappa shape index (κ3) is 3.01. The molecule has 0 saturated heterocycles. The first-order chi connectivity index (χ1) is 8.61. The molecule has 2 atom stereocenters. The van der Waals surface area contributed by atoms with E-state index in [2.05, 4.69) is 27.5 Å². The maximum absolute atomic E-state index is 12.1. The van der Waals surface area contributed by atoms with Crippen LogP contribution in [0.2, 0.25) is 0 Å². The predicted octanol–water partition coefficient (Wildman–Crippen LogP) is 3.17. The van der Waals surface area contributed by atoms with Gasteiger partial charge in [-0.15, -0.1) is 0 Å². The zero-order valence-corrected chi connectivity index (χ0v) is 12.6. The number of thioether (sulfide) groups is 1. The van der Waals surface area contributed by atoms with Gasteiger partial charge in [0.05, 0.1) is 5.56 Å². The van der Waals surface area contributed by atoms with Gasteiger partial charge in [0, 0.05) is 15.8 Å². The molecular formula is C13H16BrNO2S. The first-order valence-corrected chi connectivity index (χ1v) is 8.02. The van der Waals surface area contributed by atoms with Gasteiger partial charge >= 0.3 is 0 Å². The SMILES string of the molecule is CSC1CCCC1NC(=O)c1ccc(Br)cc1O. The molecule has 1 aromatic rings. The van der Waals surface area contributed by atoms with Gasteiger partial charge in [-0.3, -0.25) is 4.79 Å². The summed E-state index contributed by atoms with van der Waals surface area (Å²) in [6, 6.07) is 5.15. The van der Waals surface area contributed by atoms with Gasteiger partial charge in [0.25, 0.3) is 5.91 Å². The second-order valence-corrected chi connectivity index (χ2v) is 6.44. The highest BCUT2D eigenvalue weighted by Gasteiger charge is 2.28. The molecule has 18 heavy (non-hydrogen) atoms. The van der Waals surface area contributed by atoms with Crippen LogP contribution in [0.1, 0.15) is 29.6 Å². The van der Waals surface area contributed by atoms with Crippen molar-refractivity contribution in [2.24, 2.45) is 0 Å². The van der Waals surface area contributed by atoms with Crippen LogP contribution in [0.3, 0.4) is 0 Å². The normalized spacial score (nSPS) is 23.0. The number of aromatic hydroxyl groups is 1. The van der Waals surface area contributed by atoms with Gasteiger partial charge in [-0.1, -0.05) is 22.4 Å². The van der Waals surface area contributed by atoms with Gasteiger partial charge in [-0.05, 0) is 37.3 Å². The topological polar surface area (TPSA) is 49.3 Å². The smallest absolute Gasteiger partial charge is 0.255 e. The highest BCUT2D eigenvalue weighted by Crippen LogP contribution is 2.29. The molecule has 0 heterocycles. The van der Waals surface area contributed by atoms with E-state index in [9.17, 15) is 9.90 Å². The van der Waals surface area contributed by atoms with Crippen LogP contribution in [0.5, 0.6) is 5.75 Å². The van der Waals surface area contributed by atoms with Crippen LogP contribution in [0.25, 0.3) is 0 Å². The molecule has 1 aliphatic rings. The van der Waals surface area contributed by atoms with Gasteiger partial charge < -0.3 is 10.4 Å². The summed E-state index contributed by atoms with van der Waals surface area (Å²) < 4.78 is 0.763. The van der Waals surface area contributed by atoms with E-state index in [0.29, 0.717) is 10.8 Å². The average Bonchev–Trinajstić information content (AvgIpc) is 2.76. The number of carbonyl (C=O) groups excluding carboxylic acids is 1. The molecule has 0 aromatic heterocycles. The van der Waals surface area contributed by atoms with Crippen molar-refractivity contribution < 1.29 is 9.90 Å². The molecule has 1 fully saturated rings. The van der Waals surface area contributed by atoms with Crippen LogP contribution < -0.4 is 5.32 Å². The van der Waals surface area contributed by atoms with Crippen molar-refractivity contribution >= 4 is 33.6 Å². The van der Waals surface area contributed by atoms with Crippen LogP contribution in [-0.4, -0.2) is 28.6 Å². The van der Waals surface area contributed by atoms with E-state index in [4.69, 9.17) is 0 Å². The minimum absolute atomic E-state index is 0.0144. The molecule has 1 amide bonds. The van der Waals surface area contributed by atoms with Crippen molar-refractivity contribution in [3.05, 3.63) is 28.2 Å². The largest absolute Gasteiger partial charge is 0.507 e. The fraction of sp³-hybridized carbons (Fsp3) is 0.462. The summed E-state index contributed by atoms with van der Waals surface area (Å²) in [4.78, 5) is 12.1. The van der Waals surface area contributed by atoms with Crippen LogP contribution in [0.4, 0.5) is 0 Å². The van der Waals surface area contributed by atoms with Crippen LogP contribution >= 0.6 is 27.7 Å². The fourth-order valence-electron chi connectivity index (χ4n) is 2.32. The van der Waals surface area contributed by atoms with E-state index in [1.807, 2.05) is 0 Å². The minimum atomic E-state index is -0.189. The highest BCUT2D eigenvalue weighted by molar-refractivity contribution is 9.10. The van der Waals surface area contributed by atoms with Crippen molar-refractivity contribution in [2.75, 3.05) is 6.26 Å². The number of hydrogen-bond acceptors (Lipinski definition) is 3. The number of phenols is 1. The number of halogens is 1. The second kappa shape index (κ2) is 5.97. The Morgan fingerprint density at radius 2 is 2.28 bits per heavy atom. The van der Waals surface area contributed by atoms with Gasteiger partial charge in [-0.2, -0.15) is 11.8 Å². The average molecular weight is 330 g/mol. The molecule has 98 valence electrons. The van der Waals surface area contributed by atoms with E-state index < -0.39 is 0 Å². The molecule has 1 aliphatic carbocycles. The molecular weight excluding hydrogens is 314 g/mol. The third-order valence-corrected chi connectivity index (χ3v) is 4.94. The van der Waals surface area contributed by atoms with Crippen molar-refractivity contribution in [2.45, 2.75) is 30.6 Å². The predicted molar refractivity (Wildman–Crippen MR) is 78.2 cm³/mol. The maximum Gasteiger partial charge on any atom is 0.255 e. The summed E-state index contributed by atoms with van der Waals surface area (Å²) in [6.07, 6.45) is 5.40. The standard InChI is InChI=1S/C13H16BrNO2S/c1-18-12-4-2-3-10(12)15-13(17)9-6-5-8(14)7-11(9)16/h5-7,10,12,16H,2-4H2,1H3,(H,15,17). The molecule has 2 N–H and O–H groups in total. The van der Waals surface area contributed by atoms with Crippen molar-refractivity contribution in [3.8, 4) is 5.75 Å². The lowest BCUT2D eigenvalue weighted by molar-refractivity contribution is 0.0936. The van der Waals surface area contributed by atoms with Crippen LogP contribution in [0.15, 0.2) is 22.7 Å². The lowest BCUT2D eigenvalue weighted by Crippen LogP contribution is -2.38. The molecule has 2 rings (SSSR count). The van der Waals surface area contributed by atoms with Crippen molar-refractivity contribution in [1.82, 2.24) is 5.32 Å². The lowest BCUT2D eigenvalue weighted by atomic mass is 10.1. The van der Waals surface area contributed by atoms with E-state index in [-0.39, 0.29) is 17.7 Å². The molecule has 1 aromatic carbocycles. The van der Waals surface area contributed by atoms with Crippen LogP contribution in [0, 0.1) is 0 Å². The zero-order chi connectivity index (χ0) is 13.1. The Bertz CT molecular complexity index is 453. The van der Waals surface area contributed by atoms with Crippen LogP contribution in [-0.2, 0) is 0 Å². The van der Waals surface area contributed by atoms with Gasteiger partial charge in [0.1, 0.15) is 5.75 Å². The molecule has 2 unspecified atom stereocenters. The van der Waals surface area contributed by atoms with Gasteiger partial charge in [0.2, 0.25) is 0 Å². The lowest BCUT2D eigenvalue weighted by Gasteiger charge is -2.19. The number of nitrogens with one attached hydrogen (secondary N) is 1. The quantitative estimate of drug-likeness (QED) is 0.895. The Hall–Kier alpha value is -0.680. The van der Waals surface area contributed by atoms with Gasteiger partial charge in [0.15, 0.2) is 0 Å². The monoisotopic (exact) mass is 329 g/mol. The number of carbonyl (C=O) groups is 1. The number of rotatable bonds is 3. The van der Waals surface area contributed by atoms with E-state index in [1.165, 1.54) is 6.07 Å². The summed E-state index contributed by atoms with van der Waals surface area (Å²) >= 11 is 5.06. The highest BCUT2D eigenvalue weighted by atomic mass is 79.9. The van der Waals surface area contributed by atoms with Crippen molar-refractivity contribution in [1.29, 1.82) is 0 Å². The molecule has 0 spiro atoms. The number of hydrogen-bond donors (Lipinski definition) is 2. The molecule has 0 radical (unpaired) electrons. The van der Waals surface area contributed by atoms with Crippen molar-refractivity contribution in [3.63, 3.8) is 0 Å². The summed E-state index contributed by atoms with van der Waals surface area (Å²) in [5.41, 5.74) is 0.338. The van der Waals surface area contributed by atoms with E-state index in [0.717, 1.165) is 23.7 Å². The van der Waals surface area contributed by atoms with E-state index in [1.54, 1.807) is 23.9 Å². The molecule has 5 heteroatoms. The Labute approximate surface area is 119 Å². The summed E-state index contributed by atoms with van der Waals surface area (Å²) in [7, 11) is 0. The molecule has 0 aliphatic heterocycles. The summed E-state index contributed by atoms with van der Waals surface area (Å²) in [6.45, 7) is 0. The first-order valence-electron chi connectivity index (χ1n) is 5.94. The second-order valence-electron chi connectivity index (χ2n) is 4.45. The summed E-state index contributed by atoms with van der Waals surface area (Å²) in [5, 5.41) is 13.3. The molecule has 0 bridgehead atoms.